The van der Waals surface area contributed by atoms with Crippen molar-refractivity contribution in [2.45, 2.75) is 18.5 Å². The number of aliphatic imine (C=N–C) groups is 1. The van der Waals surface area contributed by atoms with Crippen LogP contribution < -0.4 is 10.1 Å². The summed E-state index contributed by atoms with van der Waals surface area (Å²) < 4.78 is 29.7. The van der Waals surface area contributed by atoms with Crippen LogP contribution in [0.15, 0.2) is 29.3 Å². The lowest BCUT2D eigenvalue weighted by molar-refractivity contribution is -0.115. The van der Waals surface area contributed by atoms with Gasteiger partial charge in [-0.15, -0.1) is 0 Å². The Bertz CT molecular complexity index is 747. The van der Waals surface area contributed by atoms with Gasteiger partial charge in [0.1, 0.15) is 17.1 Å². The standard InChI is InChI=1S/C15H19N3O4S/c1-22-12-5-3-11(4-6-12)13-14(19)17-15(16-13)7-9-18(10-8-15)23(2,20)21/h3-6H,7-10H2,1-2H3,(H,17,19). The van der Waals surface area contributed by atoms with Gasteiger partial charge in [-0.25, -0.2) is 12.7 Å². The van der Waals surface area contributed by atoms with Crippen molar-refractivity contribution in [3.63, 3.8) is 0 Å². The molecule has 0 aliphatic carbocycles. The van der Waals surface area contributed by atoms with Gasteiger partial charge in [0.05, 0.1) is 13.4 Å². The summed E-state index contributed by atoms with van der Waals surface area (Å²) in [4.78, 5) is 16.9. The van der Waals surface area contributed by atoms with Gasteiger partial charge >= 0.3 is 0 Å². The number of hydrogen-bond donors (Lipinski definition) is 1. The largest absolute Gasteiger partial charge is 0.497 e. The minimum absolute atomic E-state index is 0.219. The maximum absolute atomic E-state index is 12.3. The van der Waals surface area contributed by atoms with E-state index in [1.807, 2.05) is 0 Å². The minimum atomic E-state index is -3.20. The summed E-state index contributed by atoms with van der Waals surface area (Å²) in [6, 6.07) is 7.15. The van der Waals surface area contributed by atoms with E-state index in [2.05, 4.69) is 10.3 Å². The highest BCUT2D eigenvalue weighted by molar-refractivity contribution is 7.88. The Balaban J connectivity index is 1.81. The van der Waals surface area contributed by atoms with E-state index in [0.29, 0.717) is 37.4 Å². The molecule has 1 saturated heterocycles. The van der Waals surface area contributed by atoms with Crippen LogP contribution in [0.5, 0.6) is 5.75 Å². The molecule has 2 heterocycles. The zero-order valence-electron chi connectivity index (χ0n) is 13.1. The number of carbonyl (C=O) groups is 1. The summed E-state index contributed by atoms with van der Waals surface area (Å²) in [5.41, 5.74) is 0.430. The first-order valence-corrected chi connectivity index (χ1v) is 9.20. The first kappa shape index (κ1) is 15.9. The molecular weight excluding hydrogens is 318 g/mol. The van der Waals surface area contributed by atoms with E-state index < -0.39 is 15.7 Å². The molecule has 1 N–H and O–H groups in total. The van der Waals surface area contributed by atoms with Gasteiger partial charge in [0, 0.05) is 31.5 Å². The molecule has 7 nitrogen and oxygen atoms in total. The van der Waals surface area contributed by atoms with Gasteiger partial charge in [0.2, 0.25) is 10.0 Å². The Morgan fingerprint density at radius 3 is 2.35 bits per heavy atom. The van der Waals surface area contributed by atoms with Crippen molar-refractivity contribution < 1.29 is 17.9 Å². The van der Waals surface area contributed by atoms with E-state index in [4.69, 9.17) is 4.74 Å². The normalized spacial score (nSPS) is 21.1. The second-order valence-electron chi connectivity index (χ2n) is 5.84. The summed E-state index contributed by atoms with van der Waals surface area (Å²) in [7, 11) is -1.62. The van der Waals surface area contributed by atoms with Crippen LogP contribution in [0.1, 0.15) is 18.4 Å². The van der Waals surface area contributed by atoms with Gasteiger partial charge < -0.3 is 10.1 Å². The van der Waals surface area contributed by atoms with Gasteiger partial charge in [-0.3, -0.25) is 9.79 Å². The van der Waals surface area contributed by atoms with Crippen molar-refractivity contribution >= 4 is 21.6 Å². The molecule has 23 heavy (non-hydrogen) atoms. The lowest BCUT2D eigenvalue weighted by Crippen LogP contribution is -2.52. The van der Waals surface area contributed by atoms with E-state index >= 15 is 0 Å². The average molecular weight is 337 g/mol. The van der Waals surface area contributed by atoms with Crippen LogP contribution in [0, 0.1) is 0 Å². The lowest BCUT2D eigenvalue weighted by Gasteiger charge is -2.35. The van der Waals surface area contributed by atoms with Crippen LogP contribution in [0.2, 0.25) is 0 Å². The van der Waals surface area contributed by atoms with Crippen LogP contribution in [0.4, 0.5) is 0 Å². The molecule has 124 valence electrons. The quantitative estimate of drug-likeness (QED) is 0.863. The molecule has 1 fully saturated rings. The summed E-state index contributed by atoms with van der Waals surface area (Å²) in [5.74, 6) is 0.493. The van der Waals surface area contributed by atoms with Crippen molar-refractivity contribution in [3.05, 3.63) is 29.8 Å². The second kappa shape index (κ2) is 5.61. The molecular formula is C15H19N3O4S. The predicted octanol–water partition coefficient (Wildman–Crippen LogP) is 0.366. The molecule has 0 unspecified atom stereocenters. The molecule has 1 aromatic carbocycles. The van der Waals surface area contributed by atoms with Crippen LogP contribution in [-0.4, -0.2) is 56.5 Å². The van der Waals surface area contributed by atoms with Crippen LogP contribution in [-0.2, 0) is 14.8 Å². The highest BCUT2D eigenvalue weighted by Gasteiger charge is 2.43. The molecule has 0 radical (unpaired) electrons. The third kappa shape index (κ3) is 3.09. The number of hydrogen-bond acceptors (Lipinski definition) is 5. The first-order chi connectivity index (χ1) is 10.8. The van der Waals surface area contributed by atoms with Crippen LogP contribution in [0.25, 0.3) is 0 Å². The number of nitrogens with zero attached hydrogens (tertiary/aromatic N) is 2. The zero-order valence-corrected chi connectivity index (χ0v) is 13.9. The Morgan fingerprint density at radius 1 is 1.22 bits per heavy atom. The molecule has 0 aromatic heterocycles. The SMILES string of the molecule is COc1ccc(C2=NC3(CCN(S(C)(=O)=O)CC3)NC2=O)cc1. The number of piperidine rings is 1. The molecule has 0 atom stereocenters. The first-order valence-electron chi connectivity index (χ1n) is 7.35. The fourth-order valence-corrected chi connectivity index (χ4v) is 3.78. The maximum Gasteiger partial charge on any atom is 0.272 e. The predicted molar refractivity (Wildman–Crippen MR) is 86.1 cm³/mol. The number of benzene rings is 1. The second-order valence-corrected chi connectivity index (χ2v) is 7.82. The van der Waals surface area contributed by atoms with Crippen molar-refractivity contribution in [3.8, 4) is 5.75 Å². The van der Waals surface area contributed by atoms with Gasteiger partial charge in [0.15, 0.2) is 0 Å². The Kier molecular flexibility index (Phi) is 3.89. The summed E-state index contributed by atoms with van der Waals surface area (Å²) >= 11 is 0. The zero-order chi connectivity index (χ0) is 16.7. The molecule has 1 aromatic rings. The van der Waals surface area contributed by atoms with Crippen molar-refractivity contribution in [1.29, 1.82) is 0 Å². The summed E-state index contributed by atoms with van der Waals surface area (Å²) in [6.45, 7) is 0.719. The summed E-state index contributed by atoms with van der Waals surface area (Å²) in [6.07, 6.45) is 2.15. The highest BCUT2D eigenvalue weighted by atomic mass is 32.2. The van der Waals surface area contributed by atoms with E-state index in [1.54, 1.807) is 31.4 Å². The third-order valence-corrected chi connectivity index (χ3v) is 5.57. The highest BCUT2D eigenvalue weighted by Crippen LogP contribution is 2.29. The lowest BCUT2D eigenvalue weighted by atomic mass is 10.00. The number of amides is 1. The topological polar surface area (TPSA) is 88.1 Å². The molecule has 8 heteroatoms. The molecule has 2 aliphatic heterocycles. The Hall–Kier alpha value is -1.93. The average Bonchev–Trinajstić information content (AvgIpc) is 2.83. The Morgan fingerprint density at radius 2 is 1.83 bits per heavy atom. The number of carbonyl (C=O) groups excluding carboxylic acids is 1. The summed E-state index contributed by atoms with van der Waals surface area (Å²) in [5, 5.41) is 2.92. The van der Waals surface area contributed by atoms with Crippen molar-refractivity contribution in [2.24, 2.45) is 4.99 Å². The van der Waals surface area contributed by atoms with Gasteiger partial charge in [-0.2, -0.15) is 0 Å². The minimum Gasteiger partial charge on any atom is -0.497 e. The van der Waals surface area contributed by atoms with Crippen LogP contribution in [0.3, 0.4) is 0 Å². The Labute approximate surface area is 135 Å². The monoisotopic (exact) mass is 337 g/mol. The number of nitrogens with one attached hydrogen (secondary N) is 1. The fraction of sp³-hybridized carbons (Fsp3) is 0.467. The third-order valence-electron chi connectivity index (χ3n) is 4.27. The van der Waals surface area contributed by atoms with Gasteiger partial charge in [-0.05, 0) is 24.3 Å². The number of ether oxygens (including phenoxy) is 1. The number of sulfonamides is 1. The van der Waals surface area contributed by atoms with Crippen LogP contribution >= 0.6 is 0 Å². The fourth-order valence-electron chi connectivity index (χ4n) is 2.93. The number of rotatable bonds is 3. The maximum atomic E-state index is 12.3. The molecule has 1 amide bonds. The van der Waals surface area contributed by atoms with Gasteiger partial charge in [0.25, 0.3) is 5.91 Å². The molecule has 1 spiro atoms. The smallest absolute Gasteiger partial charge is 0.272 e. The molecule has 0 saturated carbocycles. The van der Waals surface area contributed by atoms with E-state index in [0.717, 1.165) is 5.56 Å². The molecule has 3 rings (SSSR count). The van der Waals surface area contributed by atoms with E-state index in [1.165, 1.54) is 10.6 Å². The molecule has 0 bridgehead atoms. The van der Waals surface area contributed by atoms with Crippen molar-refractivity contribution in [2.75, 3.05) is 26.5 Å². The van der Waals surface area contributed by atoms with E-state index in [-0.39, 0.29) is 5.91 Å². The van der Waals surface area contributed by atoms with E-state index in [9.17, 15) is 13.2 Å². The number of methoxy groups -OCH3 is 1. The molecule has 2 aliphatic rings. The van der Waals surface area contributed by atoms with Gasteiger partial charge in [-0.1, -0.05) is 0 Å². The van der Waals surface area contributed by atoms with Crippen molar-refractivity contribution in [1.82, 2.24) is 9.62 Å².